The first-order valence-electron chi connectivity index (χ1n) is 34.1. The SMILES string of the molecule is CC(C)CCCCCCCCCCCCCCCCCCC(=O)OCC(COC(=O)CCCCCCCCCCCCCCCCCCC(C)C)OC(=O)CCCCCCCCCCCCCCCCCCC(C)C. The molecule has 6 nitrogen and oxygen atoms in total. The highest BCUT2D eigenvalue weighted by Crippen LogP contribution is 2.20. The van der Waals surface area contributed by atoms with Crippen LogP contribution in [0.3, 0.4) is 0 Å². The van der Waals surface area contributed by atoms with Gasteiger partial charge in [-0.15, -0.1) is 0 Å². The van der Waals surface area contributed by atoms with Crippen LogP contribution in [-0.4, -0.2) is 37.2 Å². The van der Waals surface area contributed by atoms with E-state index in [1.54, 1.807) is 0 Å². The number of hydrogen-bond donors (Lipinski definition) is 0. The Morgan fingerprint density at radius 2 is 0.387 bits per heavy atom. The number of unbranched alkanes of at least 4 members (excludes halogenated alkanes) is 45. The largest absolute Gasteiger partial charge is 0.462 e. The molecule has 0 aliphatic carbocycles. The first kappa shape index (κ1) is 73.4. The van der Waals surface area contributed by atoms with Gasteiger partial charge in [-0.25, -0.2) is 0 Å². The molecule has 0 aliphatic heterocycles. The van der Waals surface area contributed by atoms with Crippen molar-refractivity contribution in [3.05, 3.63) is 0 Å². The molecule has 0 saturated heterocycles. The predicted molar refractivity (Wildman–Crippen MR) is 326 cm³/mol. The van der Waals surface area contributed by atoms with Crippen LogP contribution in [0.2, 0.25) is 0 Å². The molecule has 0 aromatic rings. The Balaban J connectivity index is 4.29. The van der Waals surface area contributed by atoms with Crippen LogP contribution >= 0.6 is 0 Å². The third kappa shape index (κ3) is 63.1. The van der Waals surface area contributed by atoms with Crippen molar-refractivity contribution in [2.24, 2.45) is 17.8 Å². The molecule has 0 aromatic carbocycles. The molecule has 0 fully saturated rings. The minimum atomic E-state index is -0.765. The summed E-state index contributed by atoms with van der Waals surface area (Å²) in [6, 6.07) is 0. The van der Waals surface area contributed by atoms with Crippen molar-refractivity contribution in [1.82, 2.24) is 0 Å². The van der Waals surface area contributed by atoms with Gasteiger partial charge in [0.15, 0.2) is 6.10 Å². The number of esters is 3. The highest BCUT2D eigenvalue weighted by atomic mass is 16.6. The number of rotatable bonds is 62. The fraction of sp³-hybridized carbons (Fsp3) is 0.957. The van der Waals surface area contributed by atoms with Crippen LogP contribution in [0.1, 0.15) is 388 Å². The van der Waals surface area contributed by atoms with Gasteiger partial charge in [-0.1, -0.05) is 350 Å². The van der Waals surface area contributed by atoms with Gasteiger partial charge in [0.2, 0.25) is 0 Å². The van der Waals surface area contributed by atoms with Gasteiger partial charge in [0.1, 0.15) is 13.2 Å². The average molecular weight is 1060 g/mol. The molecule has 0 saturated carbocycles. The normalized spacial score (nSPS) is 11.8. The van der Waals surface area contributed by atoms with E-state index in [4.69, 9.17) is 14.2 Å². The fourth-order valence-corrected chi connectivity index (χ4v) is 10.8. The molecule has 0 aliphatic rings. The van der Waals surface area contributed by atoms with Gasteiger partial charge < -0.3 is 14.2 Å². The maximum Gasteiger partial charge on any atom is 0.306 e. The Labute approximate surface area is 469 Å². The van der Waals surface area contributed by atoms with Gasteiger partial charge in [0, 0.05) is 19.3 Å². The molecular formula is C69H134O6. The summed E-state index contributed by atoms with van der Waals surface area (Å²) in [5, 5.41) is 0. The van der Waals surface area contributed by atoms with Crippen LogP contribution in [0, 0.1) is 17.8 Å². The highest BCUT2D eigenvalue weighted by Gasteiger charge is 2.20. The molecule has 0 amide bonds. The van der Waals surface area contributed by atoms with Gasteiger partial charge >= 0.3 is 17.9 Å². The second kappa shape index (κ2) is 60.1. The van der Waals surface area contributed by atoms with Crippen molar-refractivity contribution in [2.45, 2.75) is 394 Å². The zero-order chi connectivity index (χ0) is 54.8. The first-order valence-corrected chi connectivity index (χ1v) is 34.1. The third-order valence-electron chi connectivity index (χ3n) is 15.9. The number of ether oxygens (including phenoxy) is 3. The van der Waals surface area contributed by atoms with Crippen molar-refractivity contribution in [2.75, 3.05) is 13.2 Å². The molecule has 6 heteroatoms. The van der Waals surface area contributed by atoms with E-state index in [0.717, 1.165) is 75.5 Å². The summed E-state index contributed by atoms with van der Waals surface area (Å²) < 4.78 is 17.0. The molecular weight excluding hydrogens is 925 g/mol. The van der Waals surface area contributed by atoms with Crippen molar-refractivity contribution in [3.63, 3.8) is 0 Å². The summed E-state index contributed by atoms with van der Waals surface area (Å²) in [6.45, 7) is 13.8. The number of carbonyl (C=O) groups excluding carboxylic acids is 3. The van der Waals surface area contributed by atoms with Gasteiger partial charge in [-0.2, -0.15) is 0 Å². The molecule has 0 unspecified atom stereocenters. The van der Waals surface area contributed by atoms with Gasteiger partial charge in [0.25, 0.3) is 0 Å². The lowest BCUT2D eigenvalue weighted by molar-refractivity contribution is -0.167. The summed E-state index contributed by atoms with van der Waals surface area (Å²) in [4.78, 5) is 38.4. The zero-order valence-corrected chi connectivity index (χ0v) is 51.9. The van der Waals surface area contributed by atoms with Crippen molar-refractivity contribution in [1.29, 1.82) is 0 Å². The van der Waals surface area contributed by atoms with Gasteiger partial charge in [0.05, 0.1) is 0 Å². The summed E-state index contributed by atoms with van der Waals surface area (Å²) in [6.07, 6.45) is 66.8. The molecule has 75 heavy (non-hydrogen) atoms. The molecule has 0 radical (unpaired) electrons. The number of carbonyl (C=O) groups is 3. The Kier molecular flexibility index (Phi) is 58.8. The van der Waals surface area contributed by atoms with Crippen LogP contribution in [0.15, 0.2) is 0 Å². The van der Waals surface area contributed by atoms with Crippen LogP contribution in [0.25, 0.3) is 0 Å². The minimum Gasteiger partial charge on any atom is -0.462 e. The van der Waals surface area contributed by atoms with Crippen molar-refractivity contribution < 1.29 is 28.6 Å². The van der Waals surface area contributed by atoms with Gasteiger partial charge in [-0.3, -0.25) is 14.4 Å². The first-order chi connectivity index (χ1) is 36.6. The Morgan fingerprint density at radius 1 is 0.227 bits per heavy atom. The quantitative estimate of drug-likeness (QED) is 0.0343. The maximum absolute atomic E-state index is 12.9. The molecule has 0 bridgehead atoms. The van der Waals surface area contributed by atoms with Crippen LogP contribution in [0.5, 0.6) is 0 Å². The summed E-state index contributed by atoms with van der Waals surface area (Å²) >= 11 is 0. The van der Waals surface area contributed by atoms with Crippen LogP contribution in [-0.2, 0) is 28.6 Å². The van der Waals surface area contributed by atoms with Gasteiger partial charge in [-0.05, 0) is 37.0 Å². The molecule has 0 N–H and O–H groups in total. The third-order valence-corrected chi connectivity index (χ3v) is 15.9. The Morgan fingerprint density at radius 3 is 0.573 bits per heavy atom. The highest BCUT2D eigenvalue weighted by molar-refractivity contribution is 5.71. The van der Waals surface area contributed by atoms with E-state index in [1.165, 1.54) is 270 Å². The molecule has 0 rings (SSSR count). The van der Waals surface area contributed by atoms with Crippen molar-refractivity contribution >= 4 is 17.9 Å². The molecule has 0 aromatic heterocycles. The minimum absolute atomic E-state index is 0.0620. The second-order valence-electron chi connectivity index (χ2n) is 25.2. The van der Waals surface area contributed by atoms with E-state index in [9.17, 15) is 14.4 Å². The van der Waals surface area contributed by atoms with E-state index in [2.05, 4.69) is 41.5 Å². The van der Waals surface area contributed by atoms with E-state index >= 15 is 0 Å². The Hall–Kier alpha value is -1.59. The molecule has 0 heterocycles. The van der Waals surface area contributed by atoms with E-state index < -0.39 is 6.10 Å². The predicted octanol–water partition coefficient (Wildman–Crippen LogP) is 23.0. The lowest BCUT2D eigenvalue weighted by Crippen LogP contribution is -2.30. The lowest BCUT2D eigenvalue weighted by Gasteiger charge is -2.18. The Bertz CT molecular complexity index is 1100. The van der Waals surface area contributed by atoms with E-state index in [0.29, 0.717) is 19.3 Å². The standard InChI is InChI=1S/C69H134O6/c1-63(2)55-49-43-37-31-25-19-13-7-10-16-22-28-34-40-46-52-58-67(70)73-61-66(75-69(72)60-54-48-42-36-30-24-18-12-9-15-21-27-33-39-45-51-57-65(5)6)62-74-68(71)59-53-47-41-35-29-23-17-11-8-14-20-26-32-38-44-50-56-64(3)4/h63-66H,7-62H2,1-6H3. The molecule has 0 atom stereocenters. The van der Waals surface area contributed by atoms with E-state index in [-0.39, 0.29) is 31.1 Å². The monoisotopic (exact) mass is 1060 g/mol. The zero-order valence-electron chi connectivity index (χ0n) is 51.9. The smallest absolute Gasteiger partial charge is 0.306 e. The van der Waals surface area contributed by atoms with Crippen LogP contribution < -0.4 is 0 Å². The average Bonchev–Trinajstić information content (AvgIpc) is 3.38. The second-order valence-corrected chi connectivity index (χ2v) is 25.2. The summed E-state index contributed by atoms with van der Waals surface area (Å²) in [7, 11) is 0. The van der Waals surface area contributed by atoms with Crippen LogP contribution in [0.4, 0.5) is 0 Å². The molecule has 446 valence electrons. The summed E-state index contributed by atoms with van der Waals surface area (Å²) in [5.41, 5.74) is 0. The van der Waals surface area contributed by atoms with Crippen molar-refractivity contribution in [3.8, 4) is 0 Å². The topological polar surface area (TPSA) is 78.9 Å². The number of hydrogen-bond acceptors (Lipinski definition) is 6. The maximum atomic E-state index is 12.9. The van der Waals surface area contributed by atoms with E-state index in [1.807, 2.05) is 0 Å². The lowest BCUT2D eigenvalue weighted by atomic mass is 10.0. The molecule has 0 spiro atoms. The summed E-state index contributed by atoms with van der Waals surface area (Å²) in [5.74, 6) is 1.73. The fourth-order valence-electron chi connectivity index (χ4n) is 10.8.